The van der Waals surface area contributed by atoms with E-state index in [0.717, 1.165) is 12.8 Å². The summed E-state index contributed by atoms with van der Waals surface area (Å²) < 4.78 is 0. The van der Waals surface area contributed by atoms with E-state index in [4.69, 9.17) is 0 Å². The third kappa shape index (κ3) is 6.61. The predicted molar refractivity (Wildman–Crippen MR) is 276 cm³/mol. The summed E-state index contributed by atoms with van der Waals surface area (Å²) in [6.45, 7) is 14.0. The van der Waals surface area contributed by atoms with Crippen LogP contribution in [0, 0.1) is 13.8 Å². The highest BCUT2D eigenvalue weighted by Gasteiger charge is 2.59. The van der Waals surface area contributed by atoms with E-state index in [0.29, 0.717) is 0 Å². The topological polar surface area (TPSA) is 6.48 Å². The summed E-state index contributed by atoms with van der Waals surface area (Å²) in [5.74, 6) is 0. The molecule has 2 unspecified atom stereocenters. The normalized spacial score (nSPS) is 18.2. The van der Waals surface area contributed by atoms with Crippen LogP contribution in [0.4, 0.5) is 22.7 Å². The Bertz CT molecular complexity index is 2910. The Morgan fingerprint density at radius 3 is 0.969 bits per heavy atom. The molecule has 2 heteroatoms. The summed E-state index contributed by atoms with van der Waals surface area (Å²) >= 11 is 0. The van der Waals surface area contributed by atoms with E-state index in [2.05, 4.69) is 258 Å². The van der Waals surface area contributed by atoms with Crippen LogP contribution in [0.25, 0.3) is 35.4 Å². The Balaban J connectivity index is 0.969. The van der Waals surface area contributed by atoms with Gasteiger partial charge in [-0.3, -0.25) is 0 Å². The molecule has 0 saturated heterocycles. The van der Waals surface area contributed by atoms with Crippen molar-refractivity contribution in [3.8, 4) is 11.1 Å². The van der Waals surface area contributed by atoms with Crippen molar-refractivity contribution in [2.45, 2.75) is 70.9 Å². The van der Waals surface area contributed by atoms with Crippen LogP contribution in [-0.2, 0) is 16.5 Å². The Morgan fingerprint density at radius 1 is 0.354 bits per heavy atom. The third-order valence-electron chi connectivity index (χ3n) is 14.8. The standard InChI is InChI=1S/C63H56N2/c1-7-62(64(49-31-19-43(3)20-32-49)51-35-27-47(28-36-51)25-23-45-15-11-9-12-16-45)57-39-53-54-40-58-60(42-56(54)61(5,6)55(53)41-59(57)62)63(58,8-2)65(50-33-21-44(4)22-34-50)52-37-29-48(30-38-52)26-24-46-17-13-10-14-18-46/h9-42H,7-8H2,1-6H3/b25-23+,26-24+. The Morgan fingerprint density at radius 2 is 0.646 bits per heavy atom. The minimum atomic E-state index is -0.238. The highest BCUT2D eigenvalue weighted by Crippen LogP contribution is 2.66. The molecule has 318 valence electrons. The van der Waals surface area contributed by atoms with Gasteiger partial charge >= 0.3 is 0 Å². The zero-order valence-electron chi connectivity index (χ0n) is 38.4. The van der Waals surface area contributed by atoms with Gasteiger partial charge in [-0.2, -0.15) is 0 Å². The summed E-state index contributed by atoms with van der Waals surface area (Å²) in [5, 5.41) is 0. The first-order valence-corrected chi connectivity index (χ1v) is 23.5. The molecule has 0 spiro atoms. The summed E-state index contributed by atoms with van der Waals surface area (Å²) in [4.78, 5) is 5.23. The van der Waals surface area contributed by atoms with E-state index in [1.165, 1.54) is 101 Å². The van der Waals surface area contributed by atoms with Gasteiger partial charge in [0.1, 0.15) is 0 Å². The van der Waals surface area contributed by atoms with Crippen molar-refractivity contribution in [1.29, 1.82) is 0 Å². The third-order valence-corrected chi connectivity index (χ3v) is 14.8. The van der Waals surface area contributed by atoms with Crippen LogP contribution in [0.5, 0.6) is 0 Å². The lowest BCUT2D eigenvalue weighted by molar-refractivity contribution is 0.606. The lowest BCUT2D eigenvalue weighted by Gasteiger charge is -2.35. The minimum Gasteiger partial charge on any atom is -0.327 e. The highest BCUT2D eigenvalue weighted by atomic mass is 15.3. The lowest BCUT2D eigenvalue weighted by atomic mass is 9.82. The number of fused-ring (bicyclic) bond motifs is 5. The second-order valence-corrected chi connectivity index (χ2v) is 19.0. The Labute approximate surface area is 385 Å². The van der Waals surface area contributed by atoms with E-state index < -0.39 is 0 Å². The summed E-state index contributed by atoms with van der Waals surface area (Å²) in [7, 11) is 0. The minimum absolute atomic E-state index is 0.151. The van der Waals surface area contributed by atoms with E-state index in [1.54, 1.807) is 0 Å². The predicted octanol–water partition coefficient (Wildman–Crippen LogP) is 16.6. The molecule has 11 rings (SSSR count). The molecule has 0 aliphatic heterocycles. The van der Waals surface area contributed by atoms with E-state index in [1.807, 2.05) is 0 Å². The first-order valence-electron chi connectivity index (χ1n) is 23.5. The first-order chi connectivity index (χ1) is 31.6. The molecule has 8 aromatic carbocycles. The highest BCUT2D eigenvalue weighted by molar-refractivity contribution is 5.91. The van der Waals surface area contributed by atoms with E-state index >= 15 is 0 Å². The molecule has 0 radical (unpaired) electrons. The molecule has 3 aliphatic rings. The number of hydrogen-bond acceptors (Lipinski definition) is 2. The van der Waals surface area contributed by atoms with Crippen LogP contribution in [-0.4, -0.2) is 0 Å². The molecule has 0 amide bonds. The molecule has 0 saturated carbocycles. The summed E-state index contributed by atoms with van der Waals surface area (Å²) in [6.07, 6.45) is 10.7. The van der Waals surface area contributed by atoms with Crippen LogP contribution in [0.1, 0.15) is 107 Å². The van der Waals surface area contributed by atoms with Crippen molar-refractivity contribution < 1.29 is 0 Å². The van der Waals surface area contributed by atoms with Gasteiger partial charge in [-0.05, 0) is 154 Å². The van der Waals surface area contributed by atoms with Crippen molar-refractivity contribution >= 4 is 47.1 Å². The van der Waals surface area contributed by atoms with Crippen LogP contribution < -0.4 is 9.80 Å². The summed E-state index contributed by atoms with van der Waals surface area (Å²) in [5.41, 5.74) is 23.0. The van der Waals surface area contributed by atoms with Gasteiger partial charge < -0.3 is 9.80 Å². The maximum atomic E-state index is 2.61. The van der Waals surface area contributed by atoms with Gasteiger partial charge in [-0.15, -0.1) is 0 Å². The van der Waals surface area contributed by atoms with Gasteiger partial charge in [-0.1, -0.05) is 184 Å². The van der Waals surface area contributed by atoms with Crippen molar-refractivity contribution in [2.24, 2.45) is 0 Å². The molecular formula is C63H56N2. The molecule has 0 heterocycles. The van der Waals surface area contributed by atoms with Gasteiger partial charge in [-0.25, -0.2) is 0 Å². The van der Waals surface area contributed by atoms with Gasteiger partial charge in [0.25, 0.3) is 0 Å². The molecule has 0 bridgehead atoms. The van der Waals surface area contributed by atoms with Crippen molar-refractivity contribution in [1.82, 2.24) is 0 Å². The van der Waals surface area contributed by atoms with Crippen molar-refractivity contribution in [2.75, 3.05) is 9.80 Å². The summed E-state index contributed by atoms with van der Waals surface area (Å²) in [6, 6.07) is 67.9. The van der Waals surface area contributed by atoms with Crippen LogP contribution in [0.15, 0.2) is 182 Å². The van der Waals surface area contributed by atoms with Gasteiger partial charge in [0.2, 0.25) is 0 Å². The lowest BCUT2D eigenvalue weighted by Crippen LogP contribution is -2.32. The molecule has 65 heavy (non-hydrogen) atoms. The fourth-order valence-corrected chi connectivity index (χ4v) is 11.1. The van der Waals surface area contributed by atoms with Crippen LogP contribution in [0.2, 0.25) is 0 Å². The molecule has 0 fully saturated rings. The zero-order chi connectivity index (χ0) is 44.5. The molecule has 0 N–H and O–H groups in total. The van der Waals surface area contributed by atoms with Gasteiger partial charge in [0, 0.05) is 28.2 Å². The fraction of sp³-hybridized carbons (Fsp3) is 0.175. The number of rotatable bonds is 12. The number of hydrogen-bond donors (Lipinski definition) is 0. The largest absolute Gasteiger partial charge is 0.327 e. The number of anilines is 4. The molecule has 2 nitrogen and oxygen atoms in total. The molecule has 2 atom stereocenters. The second kappa shape index (κ2) is 15.5. The molecule has 3 aliphatic carbocycles. The van der Waals surface area contributed by atoms with Gasteiger partial charge in [0.15, 0.2) is 0 Å². The SMILES string of the molecule is CCC1(N(c2ccc(C)cc2)c2ccc(/C=C/c3ccccc3)cc2)c2cc3c(cc21)C(C)(C)c1cc2c(cc1-3)C2(CC)N(c1ccc(C)cc1)c1ccc(/C=C/c2ccccc2)cc1. The second-order valence-electron chi connectivity index (χ2n) is 19.0. The van der Waals surface area contributed by atoms with Crippen molar-refractivity contribution in [3.63, 3.8) is 0 Å². The Hall–Kier alpha value is -7.16. The number of nitrogens with zero attached hydrogens (tertiary/aromatic N) is 2. The smallest absolute Gasteiger partial charge is 0.0960 e. The average Bonchev–Trinajstić information content (AvgIpc) is 4.18. The number of benzene rings is 8. The maximum absolute atomic E-state index is 2.61. The maximum Gasteiger partial charge on any atom is 0.0960 e. The van der Waals surface area contributed by atoms with Crippen LogP contribution >= 0.6 is 0 Å². The quantitative estimate of drug-likeness (QED) is 0.113. The Kier molecular flexibility index (Phi) is 9.70. The molecule has 8 aromatic rings. The van der Waals surface area contributed by atoms with Gasteiger partial charge in [0.05, 0.1) is 11.1 Å². The fourth-order valence-electron chi connectivity index (χ4n) is 11.1. The molecule has 0 aromatic heterocycles. The monoisotopic (exact) mass is 840 g/mol. The molecular weight excluding hydrogens is 785 g/mol. The zero-order valence-corrected chi connectivity index (χ0v) is 38.4. The van der Waals surface area contributed by atoms with E-state index in [-0.39, 0.29) is 16.5 Å². The first kappa shape index (κ1) is 40.6. The van der Waals surface area contributed by atoms with E-state index in [9.17, 15) is 0 Å². The average molecular weight is 841 g/mol. The van der Waals surface area contributed by atoms with Crippen molar-refractivity contribution in [3.05, 3.63) is 249 Å². The number of aryl methyl sites for hydroxylation is 2. The van der Waals surface area contributed by atoms with Crippen LogP contribution in [0.3, 0.4) is 0 Å².